The van der Waals surface area contributed by atoms with Gasteiger partial charge in [-0.15, -0.1) is 0 Å². The van der Waals surface area contributed by atoms with Crippen LogP contribution in [0.15, 0.2) is 22.7 Å². The first-order valence-corrected chi connectivity index (χ1v) is 7.71. The van der Waals surface area contributed by atoms with E-state index in [1.54, 1.807) is 6.07 Å². The van der Waals surface area contributed by atoms with Gasteiger partial charge in [0.2, 0.25) is 5.91 Å². The molecule has 6 heteroatoms. The summed E-state index contributed by atoms with van der Waals surface area (Å²) in [6.45, 7) is 1.98. The van der Waals surface area contributed by atoms with E-state index in [9.17, 15) is 19.1 Å². The Labute approximate surface area is 130 Å². The lowest BCUT2D eigenvalue weighted by atomic mass is 9.95. The first-order valence-electron chi connectivity index (χ1n) is 6.91. The standard InChI is InChI=1S/C15H17BrFNO3/c1-2-8-6-9(10(7-8)15(20)21)14(19)18-13-11(16)4-3-5-12(13)17/h3-5,8-10H,2,6-7H2,1H3,(H,18,19)(H,20,21)/t8?,9-,10+/m0/s1. The van der Waals surface area contributed by atoms with Gasteiger partial charge >= 0.3 is 5.97 Å². The Morgan fingerprint density at radius 1 is 1.38 bits per heavy atom. The van der Waals surface area contributed by atoms with E-state index in [1.165, 1.54) is 12.1 Å². The molecule has 1 unspecified atom stereocenters. The molecular weight excluding hydrogens is 341 g/mol. The van der Waals surface area contributed by atoms with E-state index in [0.29, 0.717) is 17.3 Å². The summed E-state index contributed by atoms with van der Waals surface area (Å²) in [4.78, 5) is 23.6. The number of benzene rings is 1. The van der Waals surface area contributed by atoms with E-state index in [2.05, 4.69) is 21.2 Å². The van der Waals surface area contributed by atoms with Gasteiger partial charge in [-0.2, -0.15) is 0 Å². The number of carbonyl (C=O) groups is 2. The molecule has 0 saturated heterocycles. The number of anilines is 1. The Kier molecular flexibility index (Phi) is 4.98. The summed E-state index contributed by atoms with van der Waals surface area (Å²) >= 11 is 3.18. The molecule has 0 aliphatic heterocycles. The van der Waals surface area contributed by atoms with Gasteiger partial charge in [-0.05, 0) is 46.8 Å². The van der Waals surface area contributed by atoms with Crippen molar-refractivity contribution in [3.05, 3.63) is 28.5 Å². The molecule has 1 amide bonds. The summed E-state index contributed by atoms with van der Waals surface area (Å²) in [7, 11) is 0. The largest absolute Gasteiger partial charge is 0.481 e. The van der Waals surface area contributed by atoms with Crippen LogP contribution in [-0.4, -0.2) is 17.0 Å². The first-order chi connectivity index (χ1) is 9.93. The molecule has 1 aliphatic carbocycles. The highest BCUT2D eigenvalue weighted by Gasteiger charge is 2.42. The fourth-order valence-electron chi connectivity index (χ4n) is 2.87. The van der Waals surface area contributed by atoms with E-state index in [-0.39, 0.29) is 11.6 Å². The van der Waals surface area contributed by atoms with Gasteiger partial charge in [-0.1, -0.05) is 19.4 Å². The van der Waals surface area contributed by atoms with Gasteiger partial charge in [0.1, 0.15) is 5.82 Å². The fourth-order valence-corrected chi connectivity index (χ4v) is 3.31. The maximum atomic E-state index is 13.7. The SMILES string of the molecule is CCC1C[C@H](C(=O)Nc2c(F)cccc2Br)[C@H](C(=O)O)C1. The number of rotatable bonds is 4. The van der Waals surface area contributed by atoms with Crippen molar-refractivity contribution in [3.63, 3.8) is 0 Å². The third kappa shape index (κ3) is 3.43. The molecule has 0 heterocycles. The van der Waals surface area contributed by atoms with E-state index >= 15 is 0 Å². The molecule has 1 saturated carbocycles. The summed E-state index contributed by atoms with van der Waals surface area (Å²) < 4.78 is 14.2. The zero-order valence-corrected chi connectivity index (χ0v) is 13.2. The van der Waals surface area contributed by atoms with Crippen LogP contribution in [0.3, 0.4) is 0 Å². The molecule has 4 nitrogen and oxygen atoms in total. The molecule has 114 valence electrons. The van der Waals surface area contributed by atoms with E-state index in [1.807, 2.05) is 6.92 Å². The van der Waals surface area contributed by atoms with Crippen molar-refractivity contribution in [2.45, 2.75) is 26.2 Å². The third-order valence-corrected chi connectivity index (χ3v) is 4.76. The van der Waals surface area contributed by atoms with E-state index in [0.717, 1.165) is 6.42 Å². The number of nitrogens with one attached hydrogen (secondary N) is 1. The van der Waals surface area contributed by atoms with Crippen molar-refractivity contribution in [2.24, 2.45) is 17.8 Å². The number of carboxylic acid groups (broad SMARTS) is 1. The number of hydrogen-bond donors (Lipinski definition) is 2. The van der Waals surface area contributed by atoms with Gasteiger partial charge in [0, 0.05) is 4.47 Å². The zero-order valence-electron chi connectivity index (χ0n) is 11.6. The van der Waals surface area contributed by atoms with Gasteiger partial charge in [0.25, 0.3) is 0 Å². The van der Waals surface area contributed by atoms with Crippen LogP contribution in [0, 0.1) is 23.6 Å². The zero-order chi connectivity index (χ0) is 15.6. The van der Waals surface area contributed by atoms with Gasteiger partial charge in [0.05, 0.1) is 17.5 Å². The van der Waals surface area contributed by atoms with Crippen LogP contribution in [-0.2, 0) is 9.59 Å². The molecule has 0 spiro atoms. The van der Waals surface area contributed by atoms with Crippen molar-refractivity contribution in [3.8, 4) is 0 Å². The molecule has 2 N–H and O–H groups in total. The normalized spacial score (nSPS) is 24.8. The maximum Gasteiger partial charge on any atom is 0.307 e. The van der Waals surface area contributed by atoms with Crippen LogP contribution in [0.2, 0.25) is 0 Å². The quantitative estimate of drug-likeness (QED) is 0.863. The van der Waals surface area contributed by atoms with Crippen molar-refractivity contribution in [1.29, 1.82) is 0 Å². The minimum absolute atomic E-state index is 0.0617. The molecular formula is C15H17BrFNO3. The monoisotopic (exact) mass is 357 g/mol. The number of hydrogen-bond acceptors (Lipinski definition) is 2. The molecule has 0 bridgehead atoms. The second-order valence-electron chi connectivity index (χ2n) is 5.38. The molecule has 21 heavy (non-hydrogen) atoms. The van der Waals surface area contributed by atoms with Crippen molar-refractivity contribution in [1.82, 2.24) is 0 Å². The number of aliphatic carboxylic acids is 1. The summed E-state index contributed by atoms with van der Waals surface area (Å²) in [5.74, 6) is -3.01. The Hall–Kier alpha value is -1.43. The topological polar surface area (TPSA) is 66.4 Å². The summed E-state index contributed by atoms with van der Waals surface area (Å²) in [6, 6.07) is 4.40. The smallest absolute Gasteiger partial charge is 0.307 e. The summed E-state index contributed by atoms with van der Waals surface area (Å²) in [5, 5.41) is 11.8. The second kappa shape index (κ2) is 6.56. The second-order valence-corrected chi connectivity index (χ2v) is 6.24. The molecule has 1 aromatic carbocycles. The highest BCUT2D eigenvalue weighted by molar-refractivity contribution is 9.10. The van der Waals surface area contributed by atoms with Crippen LogP contribution in [0.1, 0.15) is 26.2 Å². The van der Waals surface area contributed by atoms with Crippen LogP contribution in [0.5, 0.6) is 0 Å². The van der Waals surface area contributed by atoms with Gasteiger partial charge in [-0.3, -0.25) is 9.59 Å². The number of carbonyl (C=O) groups excluding carboxylic acids is 1. The number of carboxylic acids is 1. The minimum Gasteiger partial charge on any atom is -0.481 e. The van der Waals surface area contributed by atoms with Crippen molar-refractivity contribution >= 4 is 33.5 Å². The van der Waals surface area contributed by atoms with Gasteiger partial charge < -0.3 is 10.4 Å². The number of halogens is 2. The Bertz CT molecular complexity index is 544. The first kappa shape index (κ1) is 15.9. The van der Waals surface area contributed by atoms with Gasteiger partial charge in [0.15, 0.2) is 0 Å². The average Bonchev–Trinajstić information content (AvgIpc) is 2.87. The average molecular weight is 358 g/mol. The molecule has 1 fully saturated rings. The summed E-state index contributed by atoms with van der Waals surface area (Å²) in [5.41, 5.74) is 0.0617. The molecule has 0 radical (unpaired) electrons. The van der Waals surface area contributed by atoms with Gasteiger partial charge in [-0.25, -0.2) is 4.39 Å². The minimum atomic E-state index is -0.960. The van der Waals surface area contributed by atoms with Crippen LogP contribution >= 0.6 is 15.9 Å². The molecule has 2 rings (SSSR count). The molecule has 1 aromatic rings. The third-order valence-electron chi connectivity index (χ3n) is 4.10. The molecule has 0 aromatic heterocycles. The van der Waals surface area contributed by atoms with E-state index in [4.69, 9.17) is 0 Å². The van der Waals surface area contributed by atoms with Crippen LogP contribution in [0.4, 0.5) is 10.1 Å². The van der Waals surface area contributed by atoms with Crippen LogP contribution < -0.4 is 5.32 Å². The Balaban J connectivity index is 2.17. The highest BCUT2D eigenvalue weighted by atomic mass is 79.9. The number of para-hydroxylation sites is 1. The molecule has 3 atom stereocenters. The predicted molar refractivity (Wildman–Crippen MR) is 80.4 cm³/mol. The van der Waals surface area contributed by atoms with Crippen molar-refractivity contribution < 1.29 is 19.1 Å². The van der Waals surface area contributed by atoms with Crippen molar-refractivity contribution in [2.75, 3.05) is 5.32 Å². The lowest BCUT2D eigenvalue weighted by Gasteiger charge is -2.16. The number of amides is 1. The Morgan fingerprint density at radius 3 is 2.62 bits per heavy atom. The Morgan fingerprint density at radius 2 is 2.05 bits per heavy atom. The van der Waals surface area contributed by atoms with Crippen LogP contribution in [0.25, 0.3) is 0 Å². The highest BCUT2D eigenvalue weighted by Crippen LogP contribution is 2.39. The lowest BCUT2D eigenvalue weighted by Crippen LogP contribution is -2.30. The molecule has 1 aliphatic rings. The predicted octanol–water partition coefficient (Wildman–Crippen LogP) is 3.66. The maximum absolute atomic E-state index is 13.7. The summed E-state index contributed by atoms with van der Waals surface area (Å²) in [6.07, 6.45) is 1.88. The lowest BCUT2D eigenvalue weighted by molar-refractivity contribution is -0.145. The van der Waals surface area contributed by atoms with E-state index < -0.39 is 29.5 Å². The fraction of sp³-hybridized carbons (Fsp3) is 0.467.